The number of anilines is 1. The molecule has 0 aliphatic heterocycles. The molecule has 4 N–H and O–H groups in total. The van der Waals surface area contributed by atoms with Gasteiger partial charge in [0.05, 0.1) is 27.4 Å². The molecule has 36 heavy (non-hydrogen) atoms. The second-order valence-electron chi connectivity index (χ2n) is 7.99. The molecular weight excluding hydrogens is 544 g/mol. The number of aromatic nitrogens is 1. The minimum Gasteiger partial charge on any atom is -0.321 e. The molecule has 0 radical (unpaired) electrons. The smallest absolute Gasteiger partial charge is 0.256 e. The van der Waals surface area contributed by atoms with Crippen LogP contribution < -0.4 is 11.2 Å². The fourth-order valence-electron chi connectivity index (χ4n) is 3.88. The molecule has 0 saturated carbocycles. The van der Waals surface area contributed by atoms with Crippen molar-refractivity contribution >= 4 is 54.1 Å². The highest BCUT2D eigenvalue weighted by Crippen LogP contribution is 2.32. The third-order valence-electron chi connectivity index (χ3n) is 5.53. The highest BCUT2D eigenvalue weighted by molar-refractivity contribution is 9.10. The zero-order valence-corrected chi connectivity index (χ0v) is 21.7. The topological polar surface area (TPSA) is 151 Å². The summed E-state index contributed by atoms with van der Waals surface area (Å²) in [6.45, 7) is 1.81. The first-order chi connectivity index (χ1) is 17.1. The molecule has 0 atom stereocenters. The van der Waals surface area contributed by atoms with Crippen molar-refractivity contribution in [1.82, 2.24) is 4.98 Å². The van der Waals surface area contributed by atoms with E-state index in [1.54, 1.807) is 6.07 Å². The maximum absolute atomic E-state index is 13.7. The van der Waals surface area contributed by atoms with E-state index >= 15 is 0 Å². The Labute approximate surface area is 216 Å². The number of carbonyl (C=O) groups is 1. The van der Waals surface area contributed by atoms with Gasteiger partial charge in [-0.1, -0.05) is 51.5 Å². The minimum absolute atomic E-state index is 0.0735. The molecule has 9 nitrogen and oxygen atoms in total. The van der Waals surface area contributed by atoms with Gasteiger partial charge in [-0.15, -0.1) is 5.11 Å². The first kappa shape index (κ1) is 25.1. The van der Waals surface area contributed by atoms with E-state index in [2.05, 4.69) is 31.6 Å². The van der Waals surface area contributed by atoms with Crippen molar-refractivity contribution in [3.8, 4) is 11.3 Å². The van der Waals surface area contributed by atoms with Crippen LogP contribution >= 0.6 is 15.9 Å². The van der Waals surface area contributed by atoms with Crippen molar-refractivity contribution in [1.29, 1.82) is 5.41 Å². The molecule has 0 aliphatic carbocycles. The average Bonchev–Trinajstić information content (AvgIpc) is 2.83. The lowest BCUT2D eigenvalue weighted by atomic mass is 9.97. The summed E-state index contributed by atoms with van der Waals surface area (Å²) in [5.41, 5.74) is 3.39. The molecule has 1 amide bonds. The van der Waals surface area contributed by atoms with E-state index in [1.807, 2.05) is 49.4 Å². The molecule has 0 saturated heterocycles. The van der Waals surface area contributed by atoms with Crippen LogP contribution in [-0.2, 0) is 9.84 Å². The molecule has 0 bridgehead atoms. The molecule has 3 aromatic carbocycles. The van der Waals surface area contributed by atoms with Gasteiger partial charge in [0, 0.05) is 27.2 Å². The summed E-state index contributed by atoms with van der Waals surface area (Å²) in [5.74, 6) is 4.20. The van der Waals surface area contributed by atoms with Gasteiger partial charge < -0.3 is 11.2 Å². The number of hydrogen-bond acceptors (Lipinski definition) is 6. The summed E-state index contributed by atoms with van der Waals surface area (Å²) in [6, 6.07) is 19.1. The molecule has 0 fully saturated rings. The lowest BCUT2D eigenvalue weighted by Gasteiger charge is -2.16. The Hall–Kier alpha value is -3.96. The van der Waals surface area contributed by atoms with Gasteiger partial charge in [-0.2, -0.15) is 0 Å². The molecule has 4 aromatic rings. The molecule has 182 valence electrons. The number of fused-ring (bicyclic) bond motifs is 1. The third-order valence-corrected chi connectivity index (χ3v) is 7.16. The molecule has 0 aliphatic rings. The van der Waals surface area contributed by atoms with Crippen molar-refractivity contribution in [2.45, 2.75) is 11.8 Å². The van der Waals surface area contributed by atoms with Crippen LogP contribution in [0.3, 0.4) is 0 Å². The van der Waals surface area contributed by atoms with Crippen molar-refractivity contribution in [3.05, 3.63) is 87.9 Å². The van der Waals surface area contributed by atoms with Gasteiger partial charge in [0.15, 0.2) is 15.7 Å². The van der Waals surface area contributed by atoms with E-state index in [0.29, 0.717) is 27.7 Å². The Balaban J connectivity index is 1.88. The molecule has 11 heteroatoms. The van der Waals surface area contributed by atoms with Gasteiger partial charge in [0.1, 0.15) is 0 Å². The normalized spacial score (nSPS) is 11.6. The predicted octanol–water partition coefficient (Wildman–Crippen LogP) is 5.28. The molecule has 0 unspecified atom stereocenters. The van der Waals surface area contributed by atoms with Gasteiger partial charge in [0.25, 0.3) is 5.91 Å². The summed E-state index contributed by atoms with van der Waals surface area (Å²) in [4.78, 5) is 18.3. The second-order valence-corrected chi connectivity index (χ2v) is 10.9. The van der Waals surface area contributed by atoms with E-state index < -0.39 is 15.7 Å². The van der Waals surface area contributed by atoms with Crippen LogP contribution in [0.4, 0.5) is 5.69 Å². The Kier molecular flexibility index (Phi) is 6.95. The Bertz CT molecular complexity index is 1650. The zero-order valence-electron chi connectivity index (χ0n) is 19.3. The number of pyridine rings is 1. The summed E-state index contributed by atoms with van der Waals surface area (Å²) in [5, 5.41) is 17.8. The van der Waals surface area contributed by atoms with E-state index in [4.69, 9.17) is 16.2 Å². The van der Waals surface area contributed by atoms with Crippen LogP contribution in [-0.4, -0.2) is 31.4 Å². The Morgan fingerprint density at radius 3 is 2.47 bits per heavy atom. The number of hydrogen-bond donors (Lipinski definition) is 3. The molecule has 4 rings (SSSR count). The Morgan fingerprint density at radius 1 is 1.08 bits per heavy atom. The summed E-state index contributed by atoms with van der Waals surface area (Å²) >= 11 is 3.46. The van der Waals surface area contributed by atoms with Crippen LogP contribution in [0, 0.1) is 12.3 Å². The Morgan fingerprint density at radius 2 is 1.81 bits per heavy atom. The van der Waals surface area contributed by atoms with E-state index in [0.717, 1.165) is 16.3 Å². The molecular formula is C25H21BrN6O3S. The highest BCUT2D eigenvalue weighted by Gasteiger charge is 2.22. The van der Waals surface area contributed by atoms with Crippen molar-refractivity contribution < 1.29 is 13.2 Å². The maximum Gasteiger partial charge on any atom is 0.256 e. The number of benzene rings is 3. The first-order valence-corrected chi connectivity index (χ1v) is 13.3. The summed E-state index contributed by atoms with van der Waals surface area (Å²) in [6.07, 6.45) is 1.02. The highest BCUT2D eigenvalue weighted by atomic mass is 79.9. The molecule has 1 aromatic heterocycles. The minimum atomic E-state index is -3.78. The van der Waals surface area contributed by atoms with Crippen LogP contribution in [0.2, 0.25) is 0 Å². The zero-order chi connectivity index (χ0) is 26.0. The number of nitrogens with zero attached hydrogens (tertiary/aromatic N) is 3. The first-order valence-electron chi connectivity index (χ1n) is 10.6. The van der Waals surface area contributed by atoms with Crippen LogP contribution in [0.5, 0.6) is 0 Å². The maximum atomic E-state index is 13.7. The number of carbonyl (C=O) groups excluding carboxylic acids is 1. The van der Waals surface area contributed by atoms with Gasteiger partial charge >= 0.3 is 0 Å². The average molecular weight is 565 g/mol. The number of amides is 1. The quantitative estimate of drug-likeness (QED) is 0.0989. The summed E-state index contributed by atoms with van der Waals surface area (Å²) in [7, 11) is -3.78. The van der Waals surface area contributed by atoms with Gasteiger partial charge in [-0.05, 0) is 48.9 Å². The van der Waals surface area contributed by atoms with E-state index in [1.165, 1.54) is 18.2 Å². The molecule has 1 heterocycles. The number of sulfone groups is 1. The van der Waals surface area contributed by atoms with Crippen molar-refractivity contribution in [3.63, 3.8) is 0 Å². The largest absolute Gasteiger partial charge is 0.321 e. The van der Waals surface area contributed by atoms with Gasteiger partial charge in [-0.3, -0.25) is 10.2 Å². The number of rotatable bonds is 5. The fraction of sp³-hybridized carbons (Fsp3) is 0.0800. The van der Waals surface area contributed by atoms with Crippen LogP contribution in [0.1, 0.15) is 21.5 Å². The SMILES string of the molecule is Cc1c(-c2ccccc2)nc2ccc(Br)cc2c1C(=O)Nc1ccc(C(=N)N=NN)cc1S(C)(=O)=O. The molecule has 0 spiro atoms. The van der Waals surface area contributed by atoms with E-state index in [9.17, 15) is 13.2 Å². The number of nitrogens with one attached hydrogen (secondary N) is 2. The van der Waals surface area contributed by atoms with Crippen molar-refractivity contribution in [2.75, 3.05) is 11.6 Å². The monoisotopic (exact) mass is 564 g/mol. The number of nitrogens with two attached hydrogens (primary N) is 1. The van der Waals surface area contributed by atoms with Gasteiger partial charge in [-0.25, -0.2) is 13.4 Å². The van der Waals surface area contributed by atoms with Crippen LogP contribution in [0.25, 0.3) is 22.2 Å². The third kappa shape index (κ3) is 5.02. The lowest BCUT2D eigenvalue weighted by Crippen LogP contribution is -2.17. The number of amidine groups is 1. The second kappa shape index (κ2) is 9.96. The standard InChI is InChI=1S/C25H21BrN6O3S/c1-14-22(18-13-17(26)9-11-19(18)29-23(14)15-6-4-3-5-7-15)25(33)30-20-10-8-16(24(27)31-32-28)12-21(20)36(2,34)35/h3-13H,1-2H3,(H,30,33)(H3,27,28,31). The number of halogens is 1. The van der Waals surface area contributed by atoms with Crippen LogP contribution in [0.15, 0.2) is 86.4 Å². The van der Waals surface area contributed by atoms with Crippen molar-refractivity contribution in [2.24, 2.45) is 16.2 Å². The van der Waals surface area contributed by atoms with E-state index in [-0.39, 0.29) is 22.0 Å². The van der Waals surface area contributed by atoms with Gasteiger partial charge in [0.2, 0.25) is 0 Å². The lowest BCUT2D eigenvalue weighted by molar-refractivity contribution is 0.102. The fourth-order valence-corrected chi connectivity index (χ4v) is 5.10. The summed E-state index contributed by atoms with van der Waals surface area (Å²) < 4.78 is 25.9. The predicted molar refractivity (Wildman–Crippen MR) is 143 cm³/mol.